The molecule has 1 fully saturated rings. The summed E-state index contributed by atoms with van der Waals surface area (Å²) in [7, 11) is 0. The van der Waals surface area contributed by atoms with Crippen molar-refractivity contribution in [3.05, 3.63) is 104 Å². The number of non-ortho nitro benzene ring substituents is 1. The lowest BCUT2D eigenvalue weighted by molar-refractivity contribution is -0.393. The number of hydrogen-bond acceptors (Lipinski definition) is 12. The van der Waals surface area contributed by atoms with Crippen LogP contribution in [0.3, 0.4) is 0 Å². The van der Waals surface area contributed by atoms with Crippen LogP contribution in [0.2, 0.25) is 0 Å². The zero-order valence-electron chi connectivity index (χ0n) is 32.7. The average molecular weight is 832 g/mol. The molecular weight excluding hydrogens is 782 g/mol. The quantitative estimate of drug-likeness (QED) is 0.0179. The molecule has 0 radical (unpaired) electrons. The van der Waals surface area contributed by atoms with Crippen LogP contribution in [0.5, 0.6) is 0 Å². The fourth-order valence-electron chi connectivity index (χ4n) is 6.69. The second-order valence-corrected chi connectivity index (χ2v) is 14.0. The summed E-state index contributed by atoms with van der Waals surface area (Å²) in [6, 6.07) is 13.5. The number of guanidine groups is 1. The van der Waals surface area contributed by atoms with E-state index in [2.05, 4.69) is 26.3 Å². The number of aliphatic carboxylic acids is 1. The lowest BCUT2D eigenvalue weighted by Crippen LogP contribution is -2.58. The Hall–Kier alpha value is -7.32. The van der Waals surface area contributed by atoms with Crippen molar-refractivity contribution in [3.8, 4) is 0 Å². The molecule has 1 saturated heterocycles. The Morgan fingerprint density at radius 3 is 2.17 bits per heavy atom. The third-order valence-corrected chi connectivity index (χ3v) is 9.75. The molecule has 3 aromatic rings. The SMILES string of the molecule is NC(N)=NCCCC(NC(=O)C(Cc1ccccc1)NC(=O)c1ccccc1N)C(=O)NC(CCCCNc1ccc([N+](=O)[O-])cc1[N+](=O)[O-])C(=O)N1CCCC1C(=O)O. The van der Waals surface area contributed by atoms with Crippen LogP contribution in [0, 0.1) is 20.2 Å². The lowest BCUT2D eigenvalue weighted by Gasteiger charge is -2.29. The summed E-state index contributed by atoms with van der Waals surface area (Å²) in [5, 5.41) is 43.6. The van der Waals surface area contributed by atoms with Gasteiger partial charge in [0.25, 0.3) is 17.3 Å². The summed E-state index contributed by atoms with van der Waals surface area (Å²) >= 11 is 0. The highest BCUT2D eigenvalue weighted by atomic mass is 16.6. The molecule has 4 rings (SSSR count). The number of carboxylic acids is 1. The number of nitro groups is 2. The first-order valence-electron chi connectivity index (χ1n) is 19.2. The highest BCUT2D eigenvalue weighted by molar-refractivity contribution is 6.02. The van der Waals surface area contributed by atoms with Gasteiger partial charge in [-0.2, -0.15) is 0 Å². The number of nitro benzene ring substituents is 2. The molecule has 0 saturated carbocycles. The zero-order chi connectivity index (χ0) is 43.8. The van der Waals surface area contributed by atoms with E-state index in [1.807, 2.05) is 0 Å². The number of likely N-dealkylation sites (tertiary alicyclic amines) is 1. The molecule has 320 valence electrons. The number of carbonyl (C=O) groups is 5. The second-order valence-electron chi connectivity index (χ2n) is 14.0. The minimum absolute atomic E-state index is 0.00764. The maximum absolute atomic E-state index is 14.1. The smallest absolute Gasteiger partial charge is 0.326 e. The van der Waals surface area contributed by atoms with E-state index < -0.39 is 75.0 Å². The van der Waals surface area contributed by atoms with Crippen LogP contribution in [0.1, 0.15) is 60.9 Å². The summed E-state index contributed by atoms with van der Waals surface area (Å²) in [5.74, 6) is -4.15. The Morgan fingerprint density at radius 1 is 0.833 bits per heavy atom. The summed E-state index contributed by atoms with van der Waals surface area (Å²) in [4.78, 5) is 93.9. The van der Waals surface area contributed by atoms with Crippen LogP contribution in [-0.4, -0.2) is 99.2 Å². The molecular formula is C39H49N11O10. The van der Waals surface area contributed by atoms with Gasteiger partial charge in [-0.3, -0.25) is 44.4 Å². The molecule has 11 N–H and O–H groups in total. The van der Waals surface area contributed by atoms with Crippen LogP contribution in [0.15, 0.2) is 77.8 Å². The molecule has 0 aliphatic carbocycles. The number of nitrogens with one attached hydrogen (secondary N) is 4. The molecule has 21 heteroatoms. The summed E-state index contributed by atoms with van der Waals surface area (Å²) in [5.41, 5.74) is 17.1. The van der Waals surface area contributed by atoms with E-state index in [-0.39, 0.29) is 81.1 Å². The average Bonchev–Trinajstić information content (AvgIpc) is 3.72. The van der Waals surface area contributed by atoms with Gasteiger partial charge in [-0.05, 0) is 68.7 Å². The first-order chi connectivity index (χ1) is 28.7. The number of hydrogen-bond donors (Lipinski definition) is 8. The first-order valence-corrected chi connectivity index (χ1v) is 19.2. The predicted octanol–water partition coefficient (Wildman–Crippen LogP) is 1.81. The number of carboxylic acid groups (broad SMARTS) is 1. The third-order valence-electron chi connectivity index (χ3n) is 9.75. The van der Waals surface area contributed by atoms with Gasteiger partial charge in [0.1, 0.15) is 29.9 Å². The minimum Gasteiger partial charge on any atom is -0.480 e. The summed E-state index contributed by atoms with van der Waals surface area (Å²) < 4.78 is 0. The number of benzene rings is 3. The molecule has 4 amide bonds. The number of unbranched alkanes of at least 4 members (excludes halogenated alkanes) is 1. The second kappa shape index (κ2) is 22.0. The number of aliphatic imine (C=N–C) groups is 1. The van der Waals surface area contributed by atoms with E-state index in [9.17, 15) is 49.3 Å². The van der Waals surface area contributed by atoms with Crippen molar-refractivity contribution in [2.24, 2.45) is 16.5 Å². The summed E-state index contributed by atoms with van der Waals surface area (Å²) in [6.07, 6.45) is 1.45. The van der Waals surface area contributed by atoms with Gasteiger partial charge in [0.15, 0.2) is 5.96 Å². The van der Waals surface area contributed by atoms with Crippen molar-refractivity contribution in [1.82, 2.24) is 20.9 Å². The monoisotopic (exact) mass is 831 g/mol. The number of rotatable bonds is 22. The highest BCUT2D eigenvalue weighted by Gasteiger charge is 2.38. The van der Waals surface area contributed by atoms with Crippen LogP contribution in [0.25, 0.3) is 0 Å². The number of nitrogens with two attached hydrogens (primary N) is 3. The number of nitrogen functional groups attached to an aromatic ring is 1. The first kappa shape index (κ1) is 45.4. The third kappa shape index (κ3) is 13.1. The van der Waals surface area contributed by atoms with Gasteiger partial charge in [-0.1, -0.05) is 42.5 Å². The van der Waals surface area contributed by atoms with E-state index in [0.29, 0.717) is 18.4 Å². The molecule has 4 unspecified atom stereocenters. The van der Waals surface area contributed by atoms with Gasteiger partial charge in [0, 0.05) is 37.8 Å². The molecule has 3 aromatic carbocycles. The Morgan fingerprint density at radius 2 is 1.50 bits per heavy atom. The Bertz CT molecular complexity index is 2060. The molecule has 0 bridgehead atoms. The molecule has 1 heterocycles. The fraction of sp³-hybridized carbons (Fsp3) is 0.385. The van der Waals surface area contributed by atoms with Crippen molar-refractivity contribution < 1.29 is 38.9 Å². The van der Waals surface area contributed by atoms with E-state index in [0.717, 1.165) is 12.1 Å². The predicted molar refractivity (Wildman–Crippen MR) is 220 cm³/mol. The molecule has 21 nitrogen and oxygen atoms in total. The Kier molecular flexibility index (Phi) is 16.6. The largest absolute Gasteiger partial charge is 0.480 e. The maximum Gasteiger partial charge on any atom is 0.326 e. The molecule has 4 atom stereocenters. The number of amides is 4. The number of anilines is 2. The maximum atomic E-state index is 14.1. The molecule has 1 aliphatic rings. The molecule has 1 aliphatic heterocycles. The minimum atomic E-state index is -1.28. The molecule has 0 aromatic heterocycles. The normalized spacial score (nSPS) is 14.8. The number of para-hydroxylation sites is 1. The van der Waals surface area contributed by atoms with Crippen molar-refractivity contribution >= 4 is 58.3 Å². The van der Waals surface area contributed by atoms with Crippen LogP contribution >= 0.6 is 0 Å². The van der Waals surface area contributed by atoms with E-state index in [1.54, 1.807) is 42.5 Å². The van der Waals surface area contributed by atoms with Crippen LogP contribution in [-0.2, 0) is 25.6 Å². The van der Waals surface area contributed by atoms with Gasteiger partial charge >= 0.3 is 5.97 Å². The van der Waals surface area contributed by atoms with Crippen LogP contribution < -0.4 is 38.5 Å². The van der Waals surface area contributed by atoms with Gasteiger partial charge in [0.2, 0.25) is 17.7 Å². The standard InChI is InChI=1S/C39H49N11O10/c40-27-13-5-4-12-26(27)34(51)47-31(22-24-10-2-1-3-11-24)36(53)45-29(15-8-20-44-39(41)42)35(52)46-30(37(54)48-21-9-16-32(48)38(55)56)14-6-7-19-43-28-18-17-25(49(57)58)23-33(28)50(59)60/h1-5,10-13,17-18,23,29-32,43H,6-9,14-16,19-22,40H2,(H,45,53)(H,46,52)(H,47,51)(H,55,56)(H4,41,42,44). The van der Waals surface area contributed by atoms with Gasteiger partial charge < -0.3 is 48.5 Å². The Labute approximate surface area is 344 Å². The van der Waals surface area contributed by atoms with Gasteiger partial charge in [0.05, 0.1) is 21.5 Å². The van der Waals surface area contributed by atoms with E-state index in [1.165, 1.54) is 23.1 Å². The Balaban J connectivity index is 1.55. The van der Waals surface area contributed by atoms with Crippen molar-refractivity contribution in [1.29, 1.82) is 0 Å². The highest BCUT2D eigenvalue weighted by Crippen LogP contribution is 2.29. The molecule has 60 heavy (non-hydrogen) atoms. The summed E-state index contributed by atoms with van der Waals surface area (Å²) in [6.45, 7) is 0.371. The van der Waals surface area contributed by atoms with Crippen molar-refractivity contribution in [3.63, 3.8) is 0 Å². The van der Waals surface area contributed by atoms with Crippen LogP contribution in [0.4, 0.5) is 22.7 Å². The fourth-order valence-corrected chi connectivity index (χ4v) is 6.69. The lowest BCUT2D eigenvalue weighted by atomic mass is 10.0. The van der Waals surface area contributed by atoms with Gasteiger partial charge in [-0.15, -0.1) is 0 Å². The van der Waals surface area contributed by atoms with Crippen molar-refractivity contribution in [2.75, 3.05) is 30.7 Å². The molecule has 0 spiro atoms. The van der Waals surface area contributed by atoms with Gasteiger partial charge in [-0.25, -0.2) is 4.79 Å². The van der Waals surface area contributed by atoms with Crippen molar-refractivity contribution in [2.45, 2.75) is 75.5 Å². The number of nitrogens with zero attached hydrogens (tertiary/aromatic N) is 4. The van der Waals surface area contributed by atoms with E-state index >= 15 is 0 Å². The topological polar surface area (TPSA) is 334 Å². The van der Waals surface area contributed by atoms with E-state index in [4.69, 9.17) is 17.2 Å². The number of carbonyl (C=O) groups excluding carboxylic acids is 4. The zero-order valence-corrected chi connectivity index (χ0v) is 32.7.